The predicted molar refractivity (Wildman–Crippen MR) is 257 cm³/mol. The molecule has 0 saturated carbocycles. The van der Waals surface area contributed by atoms with Crippen LogP contribution in [0, 0.1) is 6.92 Å². The number of benzene rings is 10. The summed E-state index contributed by atoms with van der Waals surface area (Å²) < 4.78 is 19.9. The van der Waals surface area contributed by atoms with Crippen LogP contribution in [0.15, 0.2) is 213 Å². The monoisotopic (exact) mass is 796 g/mol. The number of hydrogen-bond acceptors (Lipinski definition) is 5. The number of furan rings is 3. The summed E-state index contributed by atoms with van der Waals surface area (Å²) >= 11 is 0. The first kappa shape index (κ1) is 34.6. The fraction of sp³-hybridized carbons (Fsp3) is 0.0175. The molecule has 13 aromatic rings. The van der Waals surface area contributed by atoms with Crippen molar-refractivity contribution in [2.45, 2.75) is 6.92 Å². The van der Waals surface area contributed by atoms with Crippen LogP contribution < -0.4 is 9.80 Å². The summed E-state index contributed by atoms with van der Waals surface area (Å²) in [4.78, 5) is 4.58. The summed E-state index contributed by atoms with van der Waals surface area (Å²) in [5.41, 5.74) is 12.5. The molecule has 62 heavy (non-hydrogen) atoms. The zero-order valence-electron chi connectivity index (χ0n) is 33.7. The molecule has 0 atom stereocenters. The topological polar surface area (TPSA) is 45.9 Å². The Morgan fingerprint density at radius 3 is 1.45 bits per heavy atom. The van der Waals surface area contributed by atoms with Gasteiger partial charge in [0, 0.05) is 55.1 Å². The van der Waals surface area contributed by atoms with Crippen molar-refractivity contribution in [2.75, 3.05) is 9.80 Å². The fourth-order valence-electron chi connectivity index (χ4n) is 9.59. The van der Waals surface area contributed by atoms with Gasteiger partial charge in [-0.3, -0.25) is 0 Å². The number of aryl methyl sites for hydroxylation is 1. The molecular formula is C57H36N2O3. The van der Waals surface area contributed by atoms with Crippen LogP contribution in [-0.2, 0) is 0 Å². The molecule has 5 nitrogen and oxygen atoms in total. The molecule has 0 unspecified atom stereocenters. The molecule has 13 rings (SSSR count). The van der Waals surface area contributed by atoms with Crippen molar-refractivity contribution in [3.05, 3.63) is 206 Å². The largest absolute Gasteiger partial charge is 0.456 e. The van der Waals surface area contributed by atoms with Crippen molar-refractivity contribution in [1.29, 1.82) is 0 Å². The van der Waals surface area contributed by atoms with Crippen LogP contribution in [0.1, 0.15) is 5.56 Å². The molecule has 0 N–H and O–H groups in total. The van der Waals surface area contributed by atoms with E-state index in [2.05, 4.69) is 193 Å². The summed E-state index contributed by atoms with van der Waals surface area (Å²) in [5.74, 6) is 0. The highest BCUT2D eigenvalue weighted by Crippen LogP contribution is 2.46. The van der Waals surface area contributed by atoms with Gasteiger partial charge in [-0.15, -0.1) is 0 Å². The first-order valence-corrected chi connectivity index (χ1v) is 21.0. The van der Waals surface area contributed by atoms with E-state index in [-0.39, 0.29) is 0 Å². The standard InChI is InChI=1S/C57H36N2O3/c1-35-23-28-50(57-55(35)46-18-9-11-22-52(46)62-57)59(41-15-6-3-7-16-41)43-27-25-37-32-48-47-31-36-24-26-42(29-38(36)33-53(47)60-54(48)34-39(37)30-43)58(40-13-4-2-5-14-40)49-20-12-19-45-44-17-8-10-21-51(44)61-56(45)49/h2-34H,1H3. The van der Waals surface area contributed by atoms with Crippen molar-refractivity contribution in [1.82, 2.24) is 0 Å². The second-order valence-electron chi connectivity index (χ2n) is 16.2. The van der Waals surface area contributed by atoms with Crippen molar-refractivity contribution in [2.24, 2.45) is 0 Å². The van der Waals surface area contributed by atoms with Crippen LogP contribution in [0.3, 0.4) is 0 Å². The molecule has 3 heterocycles. The number of nitrogens with zero attached hydrogens (tertiary/aromatic N) is 2. The van der Waals surface area contributed by atoms with Gasteiger partial charge in [0.1, 0.15) is 22.3 Å². The van der Waals surface area contributed by atoms with E-state index < -0.39 is 0 Å². The summed E-state index contributed by atoms with van der Waals surface area (Å²) in [6, 6.07) is 70.6. The molecule has 10 aromatic carbocycles. The zero-order chi connectivity index (χ0) is 40.9. The van der Waals surface area contributed by atoms with Gasteiger partial charge in [0.2, 0.25) is 0 Å². The molecule has 0 aliphatic heterocycles. The van der Waals surface area contributed by atoms with Gasteiger partial charge in [-0.25, -0.2) is 0 Å². The van der Waals surface area contributed by atoms with Gasteiger partial charge in [-0.1, -0.05) is 103 Å². The Bertz CT molecular complexity index is 3900. The van der Waals surface area contributed by atoms with Gasteiger partial charge in [0.15, 0.2) is 11.2 Å². The molecule has 5 heteroatoms. The Balaban J connectivity index is 0.943. The lowest BCUT2D eigenvalue weighted by Crippen LogP contribution is -2.10. The smallest absolute Gasteiger partial charge is 0.159 e. The van der Waals surface area contributed by atoms with E-state index in [1.54, 1.807) is 0 Å². The van der Waals surface area contributed by atoms with E-state index in [0.29, 0.717) is 0 Å². The molecule has 0 spiro atoms. The van der Waals surface area contributed by atoms with Crippen molar-refractivity contribution >= 4 is 121 Å². The number of para-hydroxylation sites is 5. The van der Waals surface area contributed by atoms with Crippen LogP contribution in [-0.4, -0.2) is 0 Å². The third-order valence-electron chi connectivity index (χ3n) is 12.5. The number of rotatable bonds is 6. The molecule has 0 aliphatic carbocycles. The summed E-state index contributed by atoms with van der Waals surface area (Å²) in [6.45, 7) is 2.15. The van der Waals surface area contributed by atoms with Crippen molar-refractivity contribution < 1.29 is 13.3 Å². The second kappa shape index (κ2) is 13.4. The maximum absolute atomic E-state index is 6.75. The Morgan fingerprint density at radius 1 is 0.306 bits per heavy atom. The number of hydrogen-bond donors (Lipinski definition) is 0. The van der Waals surface area contributed by atoms with Crippen LogP contribution in [0.25, 0.3) is 87.4 Å². The van der Waals surface area contributed by atoms with Crippen LogP contribution in [0.4, 0.5) is 34.1 Å². The molecular weight excluding hydrogens is 761 g/mol. The highest BCUT2D eigenvalue weighted by atomic mass is 16.3. The Kier molecular flexibility index (Phi) is 7.45. The van der Waals surface area contributed by atoms with Crippen LogP contribution >= 0.6 is 0 Å². The summed E-state index contributed by atoms with van der Waals surface area (Å²) in [6.07, 6.45) is 0. The minimum Gasteiger partial charge on any atom is -0.456 e. The Labute approximate surface area is 355 Å². The van der Waals surface area contributed by atoms with Crippen molar-refractivity contribution in [3.63, 3.8) is 0 Å². The van der Waals surface area contributed by atoms with Gasteiger partial charge in [0.25, 0.3) is 0 Å². The zero-order valence-corrected chi connectivity index (χ0v) is 33.7. The van der Waals surface area contributed by atoms with Gasteiger partial charge in [0.05, 0.1) is 11.4 Å². The third-order valence-corrected chi connectivity index (χ3v) is 12.5. The molecule has 0 saturated heterocycles. The molecule has 3 aromatic heterocycles. The fourth-order valence-corrected chi connectivity index (χ4v) is 9.59. The first-order valence-electron chi connectivity index (χ1n) is 21.0. The molecule has 0 bridgehead atoms. The average molecular weight is 797 g/mol. The lowest BCUT2D eigenvalue weighted by atomic mass is 10.0. The van der Waals surface area contributed by atoms with E-state index in [4.69, 9.17) is 13.3 Å². The molecule has 0 fully saturated rings. The molecule has 0 aliphatic rings. The number of fused-ring (bicyclic) bond motifs is 11. The normalized spacial score (nSPS) is 12.0. The van der Waals surface area contributed by atoms with Gasteiger partial charge >= 0.3 is 0 Å². The molecule has 0 amide bonds. The minimum atomic E-state index is 0.851. The van der Waals surface area contributed by atoms with Crippen LogP contribution in [0.2, 0.25) is 0 Å². The van der Waals surface area contributed by atoms with Gasteiger partial charge in [-0.05, 0) is 131 Å². The van der Waals surface area contributed by atoms with Crippen molar-refractivity contribution in [3.8, 4) is 0 Å². The second-order valence-corrected chi connectivity index (χ2v) is 16.2. The third kappa shape index (κ3) is 5.28. The lowest BCUT2D eigenvalue weighted by Gasteiger charge is -2.26. The van der Waals surface area contributed by atoms with E-state index >= 15 is 0 Å². The summed E-state index contributed by atoms with van der Waals surface area (Å²) in [7, 11) is 0. The average Bonchev–Trinajstić information content (AvgIpc) is 4.01. The SMILES string of the molecule is Cc1ccc(N(c2ccccc2)c2ccc3cc4c(cc3c2)oc2cc3cc(N(c5ccccc5)c5cccc6c5oc5ccccc56)ccc3cc24)c2oc3ccccc3c12. The number of anilines is 6. The van der Waals surface area contributed by atoms with Crippen LogP contribution in [0.5, 0.6) is 0 Å². The highest BCUT2D eigenvalue weighted by molar-refractivity contribution is 6.16. The maximum atomic E-state index is 6.75. The highest BCUT2D eigenvalue weighted by Gasteiger charge is 2.23. The maximum Gasteiger partial charge on any atom is 0.159 e. The quantitative estimate of drug-likeness (QED) is 0.168. The lowest BCUT2D eigenvalue weighted by molar-refractivity contribution is 0.668. The van der Waals surface area contributed by atoms with E-state index in [9.17, 15) is 0 Å². The van der Waals surface area contributed by atoms with Gasteiger partial charge in [-0.2, -0.15) is 0 Å². The van der Waals surface area contributed by atoms with Gasteiger partial charge < -0.3 is 23.1 Å². The minimum absolute atomic E-state index is 0.851. The molecule has 0 radical (unpaired) electrons. The Morgan fingerprint density at radius 2 is 0.823 bits per heavy atom. The van der Waals surface area contributed by atoms with E-state index in [1.807, 2.05) is 24.3 Å². The summed E-state index contributed by atoms with van der Waals surface area (Å²) in [5, 5.41) is 11.1. The predicted octanol–water partition coefficient (Wildman–Crippen LogP) is 16.9. The molecule has 292 valence electrons. The van der Waals surface area contributed by atoms with E-state index in [0.717, 1.165) is 121 Å². The van der Waals surface area contributed by atoms with E-state index in [1.165, 1.54) is 5.56 Å². The first-order chi connectivity index (χ1) is 30.6. The Hall–Kier alpha value is -8.28.